The summed E-state index contributed by atoms with van der Waals surface area (Å²) < 4.78 is 0. The Morgan fingerprint density at radius 1 is 1.15 bits per heavy atom. The standard InChI is InChI=1S/C14H19ClN2O3/c1-8(2)12(13(18)19)17-14(20)16-9(3)10-6-4-5-7-11(10)15/h4-9,12H,1-3H3,(H,18,19)(H2,16,17,20). The van der Waals surface area contributed by atoms with Crippen molar-refractivity contribution in [2.45, 2.75) is 32.9 Å². The Labute approximate surface area is 123 Å². The average molecular weight is 299 g/mol. The van der Waals surface area contributed by atoms with Crippen molar-refractivity contribution in [2.24, 2.45) is 5.92 Å². The number of halogens is 1. The van der Waals surface area contributed by atoms with Crippen LogP contribution in [0.1, 0.15) is 32.4 Å². The number of hydrogen-bond donors (Lipinski definition) is 3. The van der Waals surface area contributed by atoms with E-state index in [1.165, 1.54) is 0 Å². The van der Waals surface area contributed by atoms with Crippen molar-refractivity contribution in [3.63, 3.8) is 0 Å². The van der Waals surface area contributed by atoms with Gasteiger partial charge < -0.3 is 15.7 Å². The molecule has 0 saturated heterocycles. The maximum absolute atomic E-state index is 11.8. The van der Waals surface area contributed by atoms with E-state index in [0.29, 0.717) is 5.02 Å². The van der Waals surface area contributed by atoms with E-state index in [-0.39, 0.29) is 12.0 Å². The molecule has 0 aliphatic rings. The van der Waals surface area contributed by atoms with Crippen LogP contribution < -0.4 is 10.6 Å². The van der Waals surface area contributed by atoms with Crippen molar-refractivity contribution in [2.75, 3.05) is 0 Å². The summed E-state index contributed by atoms with van der Waals surface area (Å²) in [6.07, 6.45) is 0. The lowest BCUT2D eigenvalue weighted by atomic mass is 10.1. The third kappa shape index (κ3) is 4.42. The molecule has 0 heterocycles. The molecule has 0 aliphatic heterocycles. The van der Waals surface area contributed by atoms with E-state index >= 15 is 0 Å². The van der Waals surface area contributed by atoms with Crippen molar-refractivity contribution >= 4 is 23.6 Å². The first-order valence-electron chi connectivity index (χ1n) is 6.37. The van der Waals surface area contributed by atoms with Crippen molar-refractivity contribution in [1.29, 1.82) is 0 Å². The van der Waals surface area contributed by atoms with E-state index in [1.807, 2.05) is 12.1 Å². The molecule has 1 rings (SSSR count). The number of nitrogens with one attached hydrogen (secondary N) is 2. The van der Waals surface area contributed by atoms with Gasteiger partial charge in [-0.15, -0.1) is 0 Å². The van der Waals surface area contributed by atoms with Gasteiger partial charge in [0.15, 0.2) is 0 Å². The van der Waals surface area contributed by atoms with Gasteiger partial charge in [-0.3, -0.25) is 0 Å². The minimum absolute atomic E-state index is 0.200. The Kier molecular flexibility index (Phi) is 5.82. The largest absolute Gasteiger partial charge is 0.480 e. The second-order valence-corrected chi connectivity index (χ2v) is 5.33. The maximum Gasteiger partial charge on any atom is 0.326 e. The number of carboxylic acid groups (broad SMARTS) is 1. The smallest absolute Gasteiger partial charge is 0.326 e. The molecule has 2 atom stereocenters. The zero-order chi connectivity index (χ0) is 15.3. The first kappa shape index (κ1) is 16.3. The lowest BCUT2D eigenvalue weighted by Crippen LogP contribution is -2.49. The summed E-state index contributed by atoms with van der Waals surface area (Å²) in [5, 5.41) is 14.7. The molecule has 0 bridgehead atoms. The number of carboxylic acids is 1. The molecule has 3 N–H and O–H groups in total. The van der Waals surface area contributed by atoms with E-state index in [0.717, 1.165) is 5.56 Å². The molecule has 2 amide bonds. The van der Waals surface area contributed by atoms with Gasteiger partial charge in [0.25, 0.3) is 0 Å². The molecular formula is C14H19ClN2O3. The summed E-state index contributed by atoms with van der Waals surface area (Å²) >= 11 is 6.04. The van der Waals surface area contributed by atoms with E-state index in [1.54, 1.807) is 32.9 Å². The second-order valence-electron chi connectivity index (χ2n) is 4.92. The lowest BCUT2D eigenvalue weighted by molar-refractivity contribution is -0.140. The predicted octanol–water partition coefficient (Wildman–Crippen LogP) is 2.81. The van der Waals surface area contributed by atoms with E-state index in [9.17, 15) is 9.59 Å². The number of urea groups is 1. The molecule has 0 fully saturated rings. The maximum atomic E-state index is 11.8. The third-order valence-electron chi connectivity index (χ3n) is 2.94. The van der Waals surface area contributed by atoms with Crippen molar-refractivity contribution in [1.82, 2.24) is 10.6 Å². The molecule has 110 valence electrons. The zero-order valence-electron chi connectivity index (χ0n) is 11.7. The molecule has 0 aliphatic carbocycles. The summed E-state index contributed by atoms with van der Waals surface area (Å²) in [6, 6.07) is 5.41. The highest BCUT2D eigenvalue weighted by Gasteiger charge is 2.24. The highest BCUT2D eigenvalue weighted by Crippen LogP contribution is 2.21. The van der Waals surface area contributed by atoms with Crippen molar-refractivity contribution in [3.8, 4) is 0 Å². The molecule has 5 nitrogen and oxygen atoms in total. The Morgan fingerprint density at radius 2 is 1.75 bits per heavy atom. The van der Waals surface area contributed by atoms with Crippen molar-refractivity contribution < 1.29 is 14.7 Å². The number of hydrogen-bond acceptors (Lipinski definition) is 2. The van der Waals surface area contributed by atoms with E-state index < -0.39 is 18.0 Å². The molecule has 0 spiro atoms. The fourth-order valence-electron chi connectivity index (χ4n) is 1.80. The SMILES string of the molecule is CC(NC(=O)NC(C(=O)O)C(C)C)c1ccccc1Cl. The predicted molar refractivity (Wildman–Crippen MR) is 77.8 cm³/mol. The molecule has 0 radical (unpaired) electrons. The van der Waals surface area contributed by atoms with Gasteiger partial charge in [-0.2, -0.15) is 0 Å². The molecule has 20 heavy (non-hydrogen) atoms. The van der Waals surface area contributed by atoms with Gasteiger partial charge in [0, 0.05) is 5.02 Å². The first-order valence-corrected chi connectivity index (χ1v) is 6.75. The average Bonchev–Trinajstić information content (AvgIpc) is 2.35. The molecule has 1 aromatic rings. The fraction of sp³-hybridized carbons (Fsp3) is 0.429. The molecular weight excluding hydrogens is 280 g/mol. The van der Waals surface area contributed by atoms with Gasteiger partial charge in [0.05, 0.1) is 6.04 Å². The van der Waals surface area contributed by atoms with Gasteiger partial charge in [0.1, 0.15) is 6.04 Å². The lowest BCUT2D eigenvalue weighted by Gasteiger charge is -2.21. The number of rotatable bonds is 5. The van der Waals surface area contributed by atoms with Crippen LogP contribution >= 0.6 is 11.6 Å². The quantitative estimate of drug-likeness (QED) is 0.782. The van der Waals surface area contributed by atoms with Gasteiger partial charge in [-0.25, -0.2) is 9.59 Å². The van der Waals surface area contributed by atoms with Crippen LogP contribution in [0, 0.1) is 5.92 Å². The zero-order valence-corrected chi connectivity index (χ0v) is 12.4. The van der Waals surface area contributed by atoms with E-state index in [4.69, 9.17) is 16.7 Å². The van der Waals surface area contributed by atoms with Crippen LogP contribution in [0.5, 0.6) is 0 Å². The third-order valence-corrected chi connectivity index (χ3v) is 3.28. The summed E-state index contributed by atoms with van der Waals surface area (Å²) in [5.41, 5.74) is 0.778. The summed E-state index contributed by atoms with van der Waals surface area (Å²) in [6.45, 7) is 5.25. The second kappa shape index (κ2) is 7.14. The highest BCUT2D eigenvalue weighted by molar-refractivity contribution is 6.31. The minimum Gasteiger partial charge on any atom is -0.480 e. The summed E-state index contributed by atoms with van der Waals surface area (Å²) in [5.74, 6) is -1.26. The number of carbonyl (C=O) groups excluding carboxylic acids is 1. The minimum atomic E-state index is -1.06. The molecule has 0 aromatic heterocycles. The Hall–Kier alpha value is -1.75. The summed E-state index contributed by atoms with van der Waals surface area (Å²) in [4.78, 5) is 22.9. The molecule has 0 saturated carbocycles. The van der Waals surface area contributed by atoms with Gasteiger partial charge in [-0.05, 0) is 24.5 Å². The van der Waals surface area contributed by atoms with Crippen LogP contribution in [-0.2, 0) is 4.79 Å². The van der Waals surface area contributed by atoms with Gasteiger partial charge in [0.2, 0.25) is 0 Å². The number of amides is 2. The normalized spacial score (nSPS) is 13.7. The number of benzene rings is 1. The Bertz CT molecular complexity index is 491. The van der Waals surface area contributed by atoms with Gasteiger partial charge >= 0.3 is 12.0 Å². The molecule has 6 heteroatoms. The van der Waals surface area contributed by atoms with Gasteiger partial charge in [-0.1, -0.05) is 43.6 Å². The summed E-state index contributed by atoms with van der Waals surface area (Å²) in [7, 11) is 0. The molecule has 2 unspecified atom stereocenters. The van der Waals surface area contributed by atoms with Crippen LogP contribution in [0.3, 0.4) is 0 Å². The fourth-order valence-corrected chi connectivity index (χ4v) is 2.10. The topological polar surface area (TPSA) is 78.4 Å². The van der Waals surface area contributed by atoms with Crippen LogP contribution in [0.2, 0.25) is 5.02 Å². The van der Waals surface area contributed by atoms with Crippen LogP contribution in [0.25, 0.3) is 0 Å². The highest BCUT2D eigenvalue weighted by atomic mass is 35.5. The Balaban J connectivity index is 2.67. The van der Waals surface area contributed by atoms with Crippen LogP contribution in [-0.4, -0.2) is 23.1 Å². The number of aliphatic carboxylic acids is 1. The van der Waals surface area contributed by atoms with Crippen molar-refractivity contribution in [3.05, 3.63) is 34.9 Å². The van der Waals surface area contributed by atoms with E-state index in [2.05, 4.69) is 10.6 Å². The van der Waals surface area contributed by atoms with Crippen LogP contribution in [0.15, 0.2) is 24.3 Å². The number of carbonyl (C=O) groups is 2. The monoisotopic (exact) mass is 298 g/mol. The van der Waals surface area contributed by atoms with Crippen LogP contribution in [0.4, 0.5) is 4.79 Å². The first-order chi connectivity index (χ1) is 9.32. The molecule has 1 aromatic carbocycles. The Morgan fingerprint density at radius 3 is 2.25 bits per heavy atom.